The summed E-state index contributed by atoms with van der Waals surface area (Å²) in [5.74, 6) is 0.915. The summed E-state index contributed by atoms with van der Waals surface area (Å²) in [4.78, 5) is 11.1. The van der Waals surface area contributed by atoms with Crippen LogP contribution in [0, 0.1) is 5.92 Å². The van der Waals surface area contributed by atoms with E-state index in [2.05, 4.69) is 22.8 Å². The predicted molar refractivity (Wildman–Crippen MR) is 62.7 cm³/mol. The molecule has 1 amide bonds. The summed E-state index contributed by atoms with van der Waals surface area (Å²) in [5.41, 5.74) is 0. The fourth-order valence-electron chi connectivity index (χ4n) is 1.84. The van der Waals surface area contributed by atoms with Crippen molar-refractivity contribution >= 4 is 5.91 Å². The standard InChI is InChI=1S/C12H22N2O/c1-2-14-12(15)8-9-13-10-11-6-4-3-5-7-11/h3-4,11,13H,2,5-10H2,1H3,(H,14,15). The van der Waals surface area contributed by atoms with Crippen molar-refractivity contribution in [1.82, 2.24) is 10.6 Å². The molecule has 0 heterocycles. The van der Waals surface area contributed by atoms with Gasteiger partial charge >= 0.3 is 0 Å². The molecule has 0 saturated heterocycles. The summed E-state index contributed by atoms with van der Waals surface area (Å²) in [6.07, 6.45) is 8.79. The first-order chi connectivity index (χ1) is 7.33. The molecule has 1 rings (SSSR count). The number of amides is 1. The van der Waals surface area contributed by atoms with Crippen LogP contribution in [0.25, 0.3) is 0 Å². The Bertz CT molecular complexity index is 214. The molecule has 0 aromatic carbocycles. The zero-order valence-corrected chi connectivity index (χ0v) is 9.59. The van der Waals surface area contributed by atoms with E-state index < -0.39 is 0 Å². The summed E-state index contributed by atoms with van der Waals surface area (Å²) >= 11 is 0. The van der Waals surface area contributed by atoms with Gasteiger partial charge < -0.3 is 10.6 Å². The molecule has 15 heavy (non-hydrogen) atoms. The summed E-state index contributed by atoms with van der Waals surface area (Å²) in [6.45, 7) is 4.52. The fraction of sp³-hybridized carbons (Fsp3) is 0.750. The molecule has 1 aliphatic carbocycles. The number of hydrogen-bond acceptors (Lipinski definition) is 2. The molecule has 1 atom stereocenters. The Balaban J connectivity index is 1.96. The molecule has 0 aliphatic heterocycles. The molecule has 0 saturated carbocycles. The lowest BCUT2D eigenvalue weighted by Gasteiger charge is -2.17. The van der Waals surface area contributed by atoms with E-state index in [1.54, 1.807) is 0 Å². The molecule has 0 aromatic rings. The first kappa shape index (κ1) is 12.2. The van der Waals surface area contributed by atoms with Crippen molar-refractivity contribution in [3.8, 4) is 0 Å². The summed E-state index contributed by atoms with van der Waals surface area (Å²) < 4.78 is 0. The lowest BCUT2D eigenvalue weighted by Crippen LogP contribution is -2.30. The smallest absolute Gasteiger partial charge is 0.221 e. The molecule has 3 heteroatoms. The zero-order chi connectivity index (χ0) is 10.9. The van der Waals surface area contributed by atoms with E-state index in [1.807, 2.05) is 6.92 Å². The molecule has 86 valence electrons. The van der Waals surface area contributed by atoms with Crippen LogP contribution in [0.2, 0.25) is 0 Å². The van der Waals surface area contributed by atoms with Crippen molar-refractivity contribution in [2.24, 2.45) is 5.92 Å². The van der Waals surface area contributed by atoms with Crippen molar-refractivity contribution in [1.29, 1.82) is 0 Å². The number of carbonyl (C=O) groups excluding carboxylic acids is 1. The molecule has 0 aromatic heterocycles. The second kappa shape index (κ2) is 7.46. The Kier molecular flexibility index (Phi) is 6.09. The van der Waals surface area contributed by atoms with Crippen molar-refractivity contribution in [3.05, 3.63) is 12.2 Å². The van der Waals surface area contributed by atoms with Crippen LogP contribution >= 0.6 is 0 Å². The number of rotatable bonds is 6. The summed E-state index contributed by atoms with van der Waals surface area (Å²) in [5, 5.41) is 6.14. The molecular weight excluding hydrogens is 188 g/mol. The van der Waals surface area contributed by atoms with Crippen LogP contribution in [0.15, 0.2) is 12.2 Å². The molecule has 3 nitrogen and oxygen atoms in total. The van der Waals surface area contributed by atoms with Crippen LogP contribution in [0.5, 0.6) is 0 Å². The number of hydrogen-bond donors (Lipinski definition) is 2. The Morgan fingerprint density at radius 2 is 2.33 bits per heavy atom. The number of nitrogens with one attached hydrogen (secondary N) is 2. The largest absolute Gasteiger partial charge is 0.356 e. The van der Waals surface area contributed by atoms with Gasteiger partial charge in [-0.25, -0.2) is 0 Å². The Hall–Kier alpha value is -0.830. The Labute approximate surface area is 92.3 Å². The van der Waals surface area contributed by atoms with Gasteiger partial charge in [0, 0.05) is 19.5 Å². The molecule has 1 aliphatic rings. The highest BCUT2D eigenvalue weighted by molar-refractivity contribution is 5.75. The monoisotopic (exact) mass is 210 g/mol. The predicted octanol–water partition coefficient (Wildman–Crippen LogP) is 1.46. The lowest BCUT2D eigenvalue weighted by atomic mass is 9.94. The minimum Gasteiger partial charge on any atom is -0.356 e. The van der Waals surface area contributed by atoms with Gasteiger partial charge in [-0.2, -0.15) is 0 Å². The summed E-state index contributed by atoms with van der Waals surface area (Å²) in [7, 11) is 0. The van der Waals surface area contributed by atoms with E-state index in [0.29, 0.717) is 6.42 Å². The highest BCUT2D eigenvalue weighted by Crippen LogP contribution is 2.16. The van der Waals surface area contributed by atoms with Crippen molar-refractivity contribution in [2.45, 2.75) is 32.6 Å². The van der Waals surface area contributed by atoms with Gasteiger partial charge in [-0.1, -0.05) is 12.2 Å². The lowest BCUT2D eigenvalue weighted by molar-refractivity contribution is -0.120. The normalized spacial score (nSPS) is 20.2. The van der Waals surface area contributed by atoms with Gasteiger partial charge in [-0.3, -0.25) is 4.79 Å². The van der Waals surface area contributed by atoms with Crippen molar-refractivity contribution < 1.29 is 4.79 Å². The van der Waals surface area contributed by atoms with Crippen molar-refractivity contribution in [2.75, 3.05) is 19.6 Å². The van der Waals surface area contributed by atoms with E-state index in [4.69, 9.17) is 0 Å². The summed E-state index contributed by atoms with van der Waals surface area (Å²) in [6, 6.07) is 0. The van der Waals surface area contributed by atoms with Crippen LogP contribution in [0.3, 0.4) is 0 Å². The number of allylic oxidation sites excluding steroid dienone is 2. The molecular formula is C12H22N2O. The minimum atomic E-state index is 0.147. The van der Waals surface area contributed by atoms with Crippen LogP contribution < -0.4 is 10.6 Å². The van der Waals surface area contributed by atoms with Crippen LogP contribution in [0.1, 0.15) is 32.6 Å². The topological polar surface area (TPSA) is 41.1 Å². The second-order valence-electron chi connectivity index (χ2n) is 4.06. The van der Waals surface area contributed by atoms with Gasteiger partial charge in [0.15, 0.2) is 0 Å². The second-order valence-corrected chi connectivity index (χ2v) is 4.06. The highest BCUT2D eigenvalue weighted by Gasteiger charge is 2.08. The van der Waals surface area contributed by atoms with Gasteiger partial charge in [0.1, 0.15) is 0 Å². The number of carbonyl (C=O) groups is 1. The zero-order valence-electron chi connectivity index (χ0n) is 9.59. The first-order valence-corrected chi connectivity index (χ1v) is 5.95. The van der Waals surface area contributed by atoms with E-state index in [0.717, 1.165) is 25.6 Å². The first-order valence-electron chi connectivity index (χ1n) is 5.95. The Morgan fingerprint density at radius 3 is 3.00 bits per heavy atom. The van der Waals surface area contributed by atoms with E-state index in [9.17, 15) is 4.79 Å². The van der Waals surface area contributed by atoms with Crippen molar-refractivity contribution in [3.63, 3.8) is 0 Å². The van der Waals surface area contributed by atoms with Gasteiger partial charge in [0.25, 0.3) is 0 Å². The maximum Gasteiger partial charge on any atom is 0.221 e. The average molecular weight is 210 g/mol. The Morgan fingerprint density at radius 1 is 1.47 bits per heavy atom. The molecule has 0 spiro atoms. The average Bonchev–Trinajstić information content (AvgIpc) is 2.26. The van der Waals surface area contributed by atoms with Gasteiger partial charge in [-0.15, -0.1) is 0 Å². The van der Waals surface area contributed by atoms with E-state index in [1.165, 1.54) is 19.3 Å². The highest BCUT2D eigenvalue weighted by atomic mass is 16.1. The SMILES string of the molecule is CCNC(=O)CCNCC1CC=CCC1. The maximum atomic E-state index is 11.1. The molecule has 2 N–H and O–H groups in total. The molecule has 0 bridgehead atoms. The van der Waals surface area contributed by atoms with Gasteiger partial charge in [0.05, 0.1) is 0 Å². The molecule has 0 fully saturated rings. The third-order valence-electron chi connectivity index (χ3n) is 2.71. The molecule has 1 unspecified atom stereocenters. The van der Waals surface area contributed by atoms with Crippen LogP contribution in [-0.2, 0) is 4.79 Å². The third kappa shape index (κ3) is 5.57. The van der Waals surface area contributed by atoms with Crippen LogP contribution in [0.4, 0.5) is 0 Å². The van der Waals surface area contributed by atoms with E-state index >= 15 is 0 Å². The van der Waals surface area contributed by atoms with E-state index in [-0.39, 0.29) is 5.91 Å². The maximum absolute atomic E-state index is 11.1. The molecule has 0 radical (unpaired) electrons. The van der Waals surface area contributed by atoms with Crippen LogP contribution in [-0.4, -0.2) is 25.5 Å². The van der Waals surface area contributed by atoms with Gasteiger partial charge in [0.2, 0.25) is 5.91 Å². The minimum absolute atomic E-state index is 0.147. The third-order valence-corrected chi connectivity index (χ3v) is 2.71. The quantitative estimate of drug-likeness (QED) is 0.515. The van der Waals surface area contributed by atoms with Gasteiger partial charge in [-0.05, 0) is 38.6 Å². The fourth-order valence-corrected chi connectivity index (χ4v) is 1.84.